The van der Waals surface area contributed by atoms with Crippen LogP contribution in [0, 0.1) is 0 Å². The van der Waals surface area contributed by atoms with Crippen LogP contribution in [0.2, 0.25) is 0 Å². The lowest BCUT2D eigenvalue weighted by Gasteiger charge is -2.15. The molecule has 0 saturated carbocycles. The molecule has 0 unspecified atom stereocenters. The highest BCUT2D eigenvalue weighted by molar-refractivity contribution is 9.10. The second kappa shape index (κ2) is 6.61. The van der Waals surface area contributed by atoms with E-state index in [1.807, 2.05) is 19.0 Å². The molecule has 1 aromatic carbocycles. The predicted molar refractivity (Wildman–Crippen MR) is 70.1 cm³/mol. The molecule has 4 nitrogen and oxygen atoms in total. The molecule has 17 heavy (non-hydrogen) atoms. The summed E-state index contributed by atoms with van der Waals surface area (Å²) in [5.41, 5.74) is 0.550. The van der Waals surface area contributed by atoms with E-state index in [2.05, 4.69) is 15.9 Å². The average Bonchev–Trinajstić information content (AvgIpc) is 2.30. The van der Waals surface area contributed by atoms with Crippen molar-refractivity contribution >= 4 is 22.2 Å². The van der Waals surface area contributed by atoms with Gasteiger partial charge in [-0.1, -0.05) is 0 Å². The lowest BCUT2D eigenvalue weighted by Crippen LogP contribution is -2.19. The molecule has 0 aliphatic carbocycles. The topological polar surface area (TPSA) is 38.8 Å². The monoisotopic (exact) mass is 301 g/mol. The van der Waals surface area contributed by atoms with E-state index in [1.54, 1.807) is 19.2 Å². The van der Waals surface area contributed by atoms with E-state index in [0.717, 1.165) is 17.3 Å². The number of ether oxygens (including phenoxy) is 2. The molecule has 0 fully saturated rings. The highest BCUT2D eigenvalue weighted by atomic mass is 79.9. The predicted octanol–water partition coefficient (Wildman–Crippen LogP) is 2.21. The quantitative estimate of drug-likeness (QED) is 0.755. The fourth-order valence-electron chi connectivity index (χ4n) is 1.28. The summed E-state index contributed by atoms with van der Waals surface area (Å²) in [6.07, 6.45) is 0.775. The lowest BCUT2D eigenvalue weighted by atomic mass is 10.2. The first-order chi connectivity index (χ1) is 8.08. The Hall–Kier alpha value is -1.07. The molecule has 0 radical (unpaired) electrons. The maximum absolute atomic E-state index is 10.7. The van der Waals surface area contributed by atoms with Gasteiger partial charge in [0, 0.05) is 12.1 Å². The molecule has 0 aliphatic rings. The Balaban J connectivity index is 2.86. The van der Waals surface area contributed by atoms with Crippen molar-refractivity contribution in [1.29, 1.82) is 0 Å². The van der Waals surface area contributed by atoms with Crippen LogP contribution in [0.5, 0.6) is 11.5 Å². The van der Waals surface area contributed by atoms with Gasteiger partial charge < -0.3 is 14.4 Å². The van der Waals surface area contributed by atoms with Crippen molar-refractivity contribution in [2.24, 2.45) is 0 Å². The van der Waals surface area contributed by atoms with Gasteiger partial charge in [-0.15, -0.1) is 0 Å². The van der Waals surface area contributed by atoms with Gasteiger partial charge in [0.15, 0.2) is 11.5 Å². The van der Waals surface area contributed by atoms with Gasteiger partial charge in [-0.2, -0.15) is 0 Å². The van der Waals surface area contributed by atoms with Crippen molar-refractivity contribution in [3.8, 4) is 11.5 Å². The van der Waals surface area contributed by atoms with Crippen LogP contribution in [0.1, 0.15) is 10.4 Å². The zero-order valence-electron chi connectivity index (χ0n) is 10.2. The first-order valence-electron chi connectivity index (χ1n) is 5.18. The van der Waals surface area contributed by atoms with Crippen molar-refractivity contribution in [2.75, 3.05) is 34.4 Å². The molecule has 0 heterocycles. The number of methoxy groups -OCH3 is 1. The van der Waals surface area contributed by atoms with Gasteiger partial charge in [0.1, 0.15) is 12.9 Å². The van der Waals surface area contributed by atoms with Crippen molar-refractivity contribution in [3.63, 3.8) is 0 Å². The summed E-state index contributed by atoms with van der Waals surface area (Å²) in [5, 5.41) is 0. The second-order valence-electron chi connectivity index (χ2n) is 3.80. The van der Waals surface area contributed by atoms with E-state index >= 15 is 0 Å². The zero-order chi connectivity index (χ0) is 12.8. The van der Waals surface area contributed by atoms with Crippen molar-refractivity contribution in [2.45, 2.75) is 0 Å². The number of carbonyl (C=O) groups is 1. The van der Waals surface area contributed by atoms with Gasteiger partial charge in [-0.3, -0.25) is 4.79 Å². The first kappa shape index (κ1) is 14.0. The van der Waals surface area contributed by atoms with Crippen molar-refractivity contribution in [1.82, 2.24) is 4.90 Å². The second-order valence-corrected chi connectivity index (χ2v) is 4.66. The molecule has 94 valence electrons. The third kappa shape index (κ3) is 4.02. The fraction of sp³-hybridized carbons (Fsp3) is 0.417. The van der Waals surface area contributed by atoms with Crippen LogP contribution in [0.3, 0.4) is 0 Å². The smallest absolute Gasteiger partial charge is 0.175 e. The molecule has 0 atom stereocenters. The van der Waals surface area contributed by atoms with Crippen LogP contribution >= 0.6 is 15.9 Å². The minimum atomic E-state index is 0.550. The molecule has 1 rings (SSSR count). The van der Waals surface area contributed by atoms with E-state index in [-0.39, 0.29) is 0 Å². The maximum atomic E-state index is 10.7. The Bertz CT molecular complexity index is 394. The normalized spacial score (nSPS) is 10.4. The third-order valence-corrected chi connectivity index (χ3v) is 2.76. The number of nitrogens with zero attached hydrogens (tertiary/aromatic N) is 1. The largest absolute Gasteiger partial charge is 0.493 e. The van der Waals surface area contributed by atoms with Gasteiger partial charge >= 0.3 is 0 Å². The summed E-state index contributed by atoms with van der Waals surface area (Å²) < 4.78 is 11.6. The van der Waals surface area contributed by atoms with E-state index in [4.69, 9.17) is 9.47 Å². The Morgan fingerprint density at radius 1 is 1.41 bits per heavy atom. The number of hydrogen-bond acceptors (Lipinski definition) is 4. The van der Waals surface area contributed by atoms with Gasteiger partial charge in [-0.25, -0.2) is 0 Å². The van der Waals surface area contributed by atoms with Gasteiger partial charge in [-0.05, 0) is 42.2 Å². The number of halogens is 1. The molecular formula is C12H16BrNO3. The summed E-state index contributed by atoms with van der Waals surface area (Å²) in [7, 11) is 5.51. The molecule has 0 N–H and O–H groups in total. The third-order valence-electron chi connectivity index (χ3n) is 2.17. The standard InChI is InChI=1S/C12H16BrNO3/c1-14(2)4-5-17-12-10(13)6-9(8-15)7-11(12)16-3/h6-8H,4-5H2,1-3H3. The van der Waals surface area contributed by atoms with E-state index in [1.165, 1.54) is 0 Å². The van der Waals surface area contributed by atoms with Crippen LogP contribution in [0.15, 0.2) is 16.6 Å². The molecule has 0 spiro atoms. The molecule has 5 heteroatoms. The van der Waals surface area contributed by atoms with Crippen LogP contribution in [0.4, 0.5) is 0 Å². The van der Waals surface area contributed by atoms with Crippen LogP contribution in [-0.4, -0.2) is 45.5 Å². The number of aldehydes is 1. The molecule has 0 saturated heterocycles. The van der Waals surface area contributed by atoms with Gasteiger partial charge in [0.2, 0.25) is 0 Å². The fourth-order valence-corrected chi connectivity index (χ4v) is 1.85. The van der Waals surface area contributed by atoms with Gasteiger partial charge in [0.05, 0.1) is 11.6 Å². The highest BCUT2D eigenvalue weighted by Gasteiger charge is 2.11. The molecule has 1 aromatic rings. The molecule has 0 bridgehead atoms. The van der Waals surface area contributed by atoms with E-state index < -0.39 is 0 Å². The van der Waals surface area contributed by atoms with Crippen molar-refractivity contribution in [3.05, 3.63) is 22.2 Å². The minimum Gasteiger partial charge on any atom is -0.493 e. The Kier molecular flexibility index (Phi) is 5.44. The maximum Gasteiger partial charge on any atom is 0.175 e. The Labute approximate surface area is 110 Å². The molecule has 0 amide bonds. The summed E-state index contributed by atoms with van der Waals surface area (Å²) >= 11 is 3.37. The lowest BCUT2D eigenvalue weighted by molar-refractivity contribution is 0.112. The first-order valence-corrected chi connectivity index (χ1v) is 5.98. The van der Waals surface area contributed by atoms with Crippen LogP contribution in [0.25, 0.3) is 0 Å². The summed E-state index contributed by atoms with van der Waals surface area (Å²) in [6, 6.07) is 3.36. The number of likely N-dealkylation sites (N-methyl/N-ethyl adjacent to an activating group) is 1. The molecule has 0 aliphatic heterocycles. The SMILES string of the molecule is COc1cc(C=O)cc(Br)c1OCCN(C)C. The van der Waals surface area contributed by atoms with E-state index in [9.17, 15) is 4.79 Å². The summed E-state index contributed by atoms with van der Waals surface area (Å²) in [5.74, 6) is 1.18. The highest BCUT2D eigenvalue weighted by Crippen LogP contribution is 2.36. The van der Waals surface area contributed by atoms with Crippen LogP contribution < -0.4 is 9.47 Å². The van der Waals surface area contributed by atoms with Crippen LogP contribution in [-0.2, 0) is 0 Å². The zero-order valence-corrected chi connectivity index (χ0v) is 11.8. The van der Waals surface area contributed by atoms with Crippen molar-refractivity contribution < 1.29 is 14.3 Å². The minimum absolute atomic E-state index is 0.550. The summed E-state index contributed by atoms with van der Waals surface area (Å²) in [6.45, 7) is 1.37. The molecular weight excluding hydrogens is 286 g/mol. The number of carbonyl (C=O) groups excluding carboxylic acids is 1. The van der Waals surface area contributed by atoms with E-state index in [0.29, 0.717) is 23.7 Å². The van der Waals surface area contributed by atoms with Gasteiger partial charge in [0.25, 0.3) is 0 Å². The number of rotatable bonds is 6. The molecule has 0 aromatic heterocycles. The number of benzene rings is 1. The number of hydrogen-bond donors (Lipinski definition) is 0. The summed E-state index contributed by atoms with van der Waals surface area (Å²) in [4.78, 5) is 12.7. The Morgan fingerprint density at radius 3 is 2.65 bits per heavy atom. The average molecular weight is 302 g/mol. The Morgan fingerprint density at radius 2 is 2.12 bits per heavy atom.